The fourth-order valence-electron chi connectivity index (χ4n) is 1.52. The minimum atomic E-state index is 0.204. The van der Waals surface area contributed by atoms with E-state index < -0.39 is 0 Å². The molecule has 0 saturated heterocycles. The van der Waals surface area contributed by atoms with E-state index in [9.17, 15) is 0 Å². The number of aryl methyl sites for hydroxylation is 1. The van der Waals surface area contributed by atoms with Gasteiger partial charge in [-0.2, -0.15) is 0 Å². The molecule has 1 N–H and O–H groups in total. The second-order valence-corrected chi connectivity index (χ2v) is 4.57. The second-order valence-electron chi connectivity index (χ2n) is 3.60. The average molecular weight is 234 g/mol. The van der Waals surface area contributed by atoms with Crippen LogP contribution in [0, 0.1) is 6.92 Å². The van der Waals surface area contributed by atoms with Gasteiger partial charge in [0.2, 0.25) is 0 Å². The van der Waals surface area contributed by atoms with Crippen molar-refractivity contribution in [1.82, 2.24) is 20.3 Å². The second kappa shape index (κ2) is 5.14. The zero-order valence-electron chi connectivity index (χ0n) is 9.34. The summed E-state index contributed by atoms with van der Waals surface area (Å²) < 4.78 is 0. The molecular weight excluding hydrogens is 220 g/mol. The Kier molecular flexibility index (Phi) is 3.58. The van der Waals surface area contributed by atoms with Crippen molar-refractivity contribution in [2.45, 2.75) is 26.4 Å². The fraction of sp³-hybridized carbons (Fsp3) is 0.364. The van der Waals surface area contributed by atoms with Gasteiger partial charge in [0.1, 0.15) is 0 Å². The molecule has 0 spiro atoms. The molecule has 0 radical (unpaired) electrons. The number of thiazole rings is 1. The summed E-state index contributed by atoms with van der Waals surface area (Å²) in [4.78, 5) is 13.8. The van der Waals surface area contributed by atoms with E-state index in [1.54, 1.807) is 23.7 Å². The quantitative estimate of drug-likeness (QED) is 0.880. The van der Waals surface area contributed by atoms with E-state index in [4.69, 9.17) is 0 Å². The largest absolute Gasteiger partial charge is 0.304 e. The van der Waals surface area contributed by atoms with E-state index in [0.717, 1.165) is 17.9 Å². The normalized spacial score (nSPS) is 12.6. The molecule has 2 heterocycles. The Morgan fingerprint density at radius 3 is 2.88 bits per heavy atom. The van der Waals surface area contributed by atoms with E-state index in [1.165, 1.54) is 4.88 Å². The van der Waals surface area contributed by atoms with Gasteiger partial charge in [-0.05, 0) is 13.8 Å². The SMILES string of the molecule is Cc1nccnc1C(C)NCc1cncs1. The molecule has 84 valence electrons. The maximum atomic E-state index is 4.34. The molecule has 16 heavy (non-hydrogen) atoms. The van der Waals surface area contributed by atoms with Gasteiger partial charge in [0, 0.05) is 36.1 Å². The Labute approximate surface area is 98.8 Å². The molecule has 4 nitrogen and oxygen atoms in total. The van der Waals surface area contributed by atoms with Gasteiger partial charge in [-0.3, -0.25) is 15.0 Å². The zero-order valence-corrected chi connectivity index (χ0v) is 10.2. The number of aromatic nitrogens is 3. The molecule has 0 aliphatic carbocycles. The molecule has 0 fully saturated rings. The lowest BCUT2D eigenvalue weighted by Gasteiger charge is -2.13. The molecule has 0 saturated carbocycles. The van der Waals surface area contributed by atoms with E-state index in [-0.39, 0.29) is 6.04 Å². The van der Waals surface area contributed by atoms with E-state index in [2.05, 4.69) is 27.2 Å². The molecule has 2 aromatic heterocycles. The first kappa shape index (κ1) is 11.2. The molecule has 2 aromatic rings. The summed E-state index contributed by atoms with van der Waals surface area (Å²) in [5, 5.41) is 3.41. The molecule has 0 aliphatic rings. The Hall–Kier alpha value is -1.33. The van der Waals surface area contributed by atoms with Gasteiger partial charge in [0.05, 0.1) is 16.9 Å². The summed E-state index contributed by atoms with van der Waals surface area (Å²) in [6, 6.07) is 0.204. The lowest BCUT2D eigenvalue weighted by Crippen LogP contribution is -2.19. The van der Waals surface area contributed by atoms with E-state index >= 15 is 0 Å². The number of rotatable bonds is 4. The Morgan fingerprint density at radius 1 is 1.38 bits per heavy atom. The van der Waals surface area contributed by atoms with Crippen molar-refractivity contribution in [1.29, 1.82) is 0 Å². The highest BCUT2D eigenvalue weighted by Crippen LogP contribution is 2.13. The third-order valence-electron chi connectivity index (χ3n) is 2.40. The predicted molar refractivity (Wildman–Crippen MR) is 64.1 cm³/mol. The Balaban J connectivity index is 1.98. The van der Waals surface area contributed by atoms with Gasteiger partial charge in [-0.15, -0.1) is 11.3 Å². The lowest BCUT2D eigenvalue weighted by molar-refractivity contribution is 0.559. The summed E-state index contributed by atoms with van der Waals surface area (Å²) in [7, 11) is 0. The van der Waals surface area contributed by atoms with E-state index in [0.29, 0.717) is 0 Å². The topological polar surface area (TPSA) is 50.7 Å². The van der Waals surface area contributed by atoms with Gasteiger partial charge in [-0.25, -0.2) is 0 Å². The van der Waals surface area contributed by atoms with Crippen LogP contribution in [0.3, 0.4) is 0 Å². The van der Waals surface area contributed by atoms with Crippen LogP contribution in [0.1, 0.15) is 29.2 Å². The van der Waals surface area contributed by atoms with Crippen molar-refractivity contribution in [3.63, 3.8) is 0 Å². The van der Waals surface area contributed by atoms with Crippen LogP contribution >= 0.6 is 11.3 Å². The smallest absolute Gasteiger partial charge is 0.0794 e. The minimum absolute atomic E-state index is 0.204. The molecule has 5 heteroatoms. The van der Waals surface area contributed by atoms with Crippen LogP contribution in [0.5, 0.6) is 0 Å². The summed E-state index contributed by atoms with van der Waals surface area (Å²) in [6.07, 6.45) is 5.33. The molecular formula is C11H14N4S. The number of nitrogens with one attached hydrogen (secondary N) is 1. The third-order valence-corrected chi connectivity index (χ3v) is 3.17. The molecule has 0 aliphatic heterocycles. The summed E-state index contributed by atoms with van der Waals surface area (Å²) in [6.45, 7) is 4.90. The van der Waals surface area contributed by atoms with Gasteiger partial charge in [0.15, 0.2) is 0 Å². The Bertz CT molecular complexity index is 441. The highest BCUT2D eigenvalue weighted by molar-refractivity contribution is 7.09. The van der Waals surface area contributed by atoms with Crippen molar-refractivity contribution in [3.8, 4) is 0 Å². The van der Waals surface area contributed by atoms with Crippen LogP contribution in [0.15, 0.2) is 24.1 Å². The lowest BCUT2D eigenvalue weighted by atomic mass is 10.2. The number of hydrogen-bond donors (Lipinski definition) is 1. The Morgan fingerprint density at radius 2 is 2.19 bits per heavy atom. The van der Waals surface area contributed by atoms with Crippen LogP contribution in [-0.4, -0.2) is 15.0 Å². The highest BCUT2D eigenvalue weighted by Gasteiger charge is 2.09. The molecule has 1 atom stereocenters. The number of hydrogen-bond acceptors (Lipinski definition) is 5. The van der Waals surface area contributed by atoms with Crippen molar-refractivity contribution in [3.05, 3.63) is 40.4 Å². The summed E-state index contributed by atoms with van der Waals surface area (Å²) >= 11 is 1.65. The monoisotopic (exact) mass is 234 g/mol. The van der Waals surface area contributed by atoms with Gasteiger partial charge >= 0.3 is 0 Å². The van der Waals surface area contributed by atoms with Gasteiger partial charge in [-0.1, -0.05) is 0 Å². The van der Waals surface area contributed by atoms with Crippen molar-refractivity contribution in [2.75, 3.05) is 0 Å². The molecule has 2 rings (SSSR count). The zero-order chi connectivity index (χ0) is 11.4. The van der Waals surface area contributed by atoms with Crippen molar-refractivity contribution in [2.24, 2.45) is 0 Å². The first-order valence-electron chi connectivity index (χ1n) is 5.15. The molecule has 0 amide bonds. The van der Waals surface area contributed by atoms with Crippen LogP contribution in [0.2, 0.25) is 0 Å². The predicted octanol–water partition coefficient (Wildman–Crippen LogP) is 2.09. The van der Waals surface area contributed by atoms with Gasteiger partial charge < -0.3 is 5.32 Å². The number of nitrogens with zero attached hydrogens (tertiary/aromatic N) is 3. The minimum Gasteiger partial charge on any atom is -0.304 e. The van der Waals surface area contributed by atoms with Crippen LogP contribution in [-0.2, 0) is 6.54 Å². The van der Waals surface area contributed by atoms with Crippen LogP contribution in [0.4, 0.5) is 0 Å². The summed E-state index contributed by atoms with van der Waals surface area (Å²) in [5.41, 5.74) is 3.83. The first-order valence-corrected chi connectivity index (χ1v) is 6.03. The average Bonchev–Trinajstić information content (AvgIpc) is 2.79. The van der Waals surface area contributed by atoms with Crippen molar-refractivity contribution >= 4 is 11.3 Å². The summed E-state index contributed by atoms with van der Waals surface area (Å²) in [5.74, 6) is 0. The van der Waals surface area contributed by atoms with Crippen LogP contribution < -0.4 is 5.32 Å². The standard InChI is InChI=1S/C11H14N4S/c1-8-11(14-4-3-13-8)9(2)15-6-10-5-12-7-16-10/h3-5,7,9,15H,6H2,1-2H3. The molecule has 0 aromatic carbocycles. The maximum Gasteiger partial charge on any atom is 0.0794 e. The first-order chi connectivity index (χ1) is 7.77. The third kappa shape index (κ3) is 2.62. The highest BCUT2D eigenvalue weighted by atomic mass is 32.1. The van der Waals surface area contributed by atoms with Crippen molar-refractivity contribution < 1.29 is 0 Å². The van der Waals surface area contributed by atoms with Crippen LogP contribution in [0.25, 0.3) is 0 Å². The van der Waals surface area contributed by atoms with E-state index in [1.807, 2.05) is 18.6 Å². The molecule has 0 bridgehead atoms. The van der Waals surface area contributed by atoms with Gasteiger partial charge in [0.25, 0.3) is 0 Å². The fourth-order valence-corrected chi connectivity index (χ4v) is 2.07. The maximum absolute atomic E-state index is 4.34. The molecule has 1 unspecified atom stereocenters.